The number of aliphatic hydroxyl groups excluding tert-OH is 1. The molecule has 5 unspecified atom stereocenters. The molecule has 27 heavy (non-hydrogen) atoms. The molecule has 0 aromatic rings. The Kier molecular flexibility index (Phi) is 4.36. The highest BCUT2D eigenvalue weighted by Gasteiger charge is 2.65. The van der Waals surface area contributed by atoms with Crippen molar-refractivity contribution in [2.75, 3.05) is 13.2 Å². The van der Waals surface area contributed by atoms with Crippen LogP contribution in [0.4, 0.5) is 0 Å². The lowest BCUT2D eigenvalue weighted by atomic mass is 9.48. The first-order valence-corrected chi connectivity index (χ1v) is 11.1. The van der Waals surface area contributed by atoms with Gasteiger partial charge in [0.25, 0.3) is 0 Å². The van der Waals surface area contributed by atoms with Crippen LogP contribution in [0.25, 0.3) is 0 Å². The first-order chi connectivity index (χ1) is 13.2. The number of nitrogens with zero attached hydrogens (tertiary/aromatic N) is 1. The van der Waals surface area contributed by atoms with Crippen molar-refractivity contribution in [3.05, 3.63) is 28.7 Å². The third-order valence-corrected chi connectivity index (χ3v) is 9.31. The largest absolute Gasteiger partial charge is 0.396 e. The van der Waals surface area contributed by atoms with E-state index in [4.69, 9.17) is 4.74 Å². The molecule has 0 radical (unpaired) electrons. The highest BCUT2D eigenvalue weighted by atomic mass is 16.5. The molecule has 3 saturated carbocycles. The van der Waals surface area contributed by atoms with Crippen LogP contribution in [0.2, 0.25) is 0 Å². The Morgan fingerprint density at radius 2 is 2.11 bits per heavy atom. The van der Waals surface area contributed by atoms with Crippen LogP contribution in [0.3, 0.4) is 0 Å². The van der Waals surface area contributed by atoms with Crippen LogP contribution in [-0.2, 0) is 4.74 Å². The summed E-state index contributed by atoms with van der Waals surface area (Å²) < 4.78 is 6.41. The minimum Gasteiger partial charge on any atom is -0.396 e. The molecular formula is C23H33NO3. The fourth-order valence-corrected chi connectivity index (χ4v) is 8.27. The molecule has 0 saturated heterocycles. The van der Waals surface area contributed by atoms with Crippen molar-refractivity contribution < 1.29 is 9.84 Å². The summed E-state index contributed by atoms with van der Waals surface area (Å²) in [6.07, 6.45) is 16.0. The Labute approximate surface area is 162 Å². The van der Waals surface area contributed by atoms with Gasteiger partial charge in [-0.25, -0.2) is 0 Å². The van der Waals surface area contributed by atoms with E-state index in [1.807, 2.05) is 0 Å². The van der Waals surface area contributed by atoms with Gasteiger partial charge in [0.05, 0.1) is 12.2 Å². The summed E-state index contributed by atoms with van der Waals surface area (Å²) in [4.78, 5) is 11.1. The Bertz CT molecular complexity index is 673. The molecule has 4 heteroatoms. The molecular weight excluding hydrogens is 338 g/mol. The molecule has 0 aromatic heterocycles. The van der Waals surface area contributed by atoms with Gasteiger partial charge in [0.15, 0.2) is 0 Å². The van der Waals surface area contributed by atoms with E-state index in [9.17, 15) is 10.0 Å². The van der Waals surface area contributed by atoms with Gasteiger partial charge in [-0.05, 0) is 75.0 Å². The lowest BCUT2D eigenvalue weighted by Crippen LogP contribution is -2.54. The highest BCUT2D eigenvalue weighted by Crippen LogP contribution is 2.68. The van der Waals surface area contributed by atoms with E-state index < -0.39 is 0 Å². The van der Waals surface area contributed by atoms with Crippen LogP contribution in [0.15, 0.2) is 29.0 Å². The maximum atomic E-state index is 11.1. The monoisotopic (exact) mass is 371 g/mol. The summed E-state index contributed by atoms with van der Waals surface area (Å²) >= 11 is 0. The average Bonchev–Trinajstić information content (AvgIpc) is 3.33. The van der Waals surface area contributed by atoms with Crippen molar-refractivity contribution in [2.24, 2.45) is 40.2 Å². The zero-order chi connectivity index (χ0) is 18.6. The number of hydrogen-bond acceptors (Lipinski definition) is 4. The van der Waals surface area contributed by atoms with E-state index in [-0.39, 0.29) is 29.6 Å². The van der Waals surface area contributed by atoms with Crippen LogP contribution in [0, 0.1) is 39.9 Å². The Morgan fingerprint density at radius 1 is 1.22 bits per heavy atom. The summed E-state index contributed by atoms with van der Waals surface area (Å²) in [6, 6.07) is -0.174. The van der Waals surface area contributed by atoms with E-state index in [0.717, 1.165) is 31.8 Å². The molecule has 5 aliphatic rings. The van der Waals surface area contributed by atoms with Crippen LogP contribution >= 0.6 is 0 Å². The maximum Gasteiger partial charge on any atom is 0.110 e. The zero-order valence-corrected chi connectivity index (χ0v) is 16.5. The maximum absolute atomic E-state index is 11.1. The van der Waals surface area contributed by atoms with Crippen LogP contribution < -0.4 is 0 Å². The third kappa shape index (κ3) is 2.35. The van der Waals surface area contributed by atoms with Gasteiger partial charge < -0.3 is 9.84 Å². The molecule has 8 atom stereocenters. The summed E-state index contributed by atoms with van der Waals surface area (Å²) in [7, 11) is 0. The van der Waals surface area contributed by atoms with Crippen molar-refractivity contribution in [1.82, 2.24) is 0 Å². The molecule has 4 nitrogen and oxygen atoms in total. The second-order valence-electron chi connectivity index (χ2n) is 9.76. The smallest absolute Gasteiger partial charge is 0.110 e. The summed E-state index contributed by atoms with van der Waals surface area (Å²) in [5.74, 6) is 2.91. The SMILES string of the molecule is CC[C@]12CCC3C(CC(CO)C4=CC(N=O)CC[C@@H]43)C1CC[C@@]21C=CCO1. The van der Waals surface area contributed by atoms with E-state index in [1.54, 1.807) is 0 Å². The van der Waals surface area contributed by atoms with Crippen molar-refractivity contribution in [1.29, 1.82) is 0 Å². The first kappa shape index (κ1) is 18.1. The second kappa shape index (κ2) is 6.52. The molecule has 148 valence electrons. The zero-order valence-electron chi connectivity index (χ0n) is 16.5. The number of rotatable bonds is 3. The quantitative estimate of drug-likeness (QED) is 0.581. The van der Waals surface area contributed by atoms with Gasteiger partial charge in [-0.3, -0.25) is 0 Å². The predicted molar refractivity (Wildman–Crippen MR) is 105 cm³/mol. The van der Waals surface area contributed by atoms with E-state index in [2.05, 4.69) is 30.3 Å². The highest BCUT2D eigenvalue weighted by molar-refractivity contribution is 5.28. The molecule has 1 spiro atoms. The Hall–Kier alpha value is -1.00. The second-order valence-corrected chi connectivity index (χ2v) is 9.76. The van der Waals surface area contributed by atoms with Crippen LogP contribution in [0.1, 0.15) is 58.3 Å². The molecule has 1 heterocycles. The molecule has 0 bridgehead atoms. The fraction of sp³-hybridized carbons (Fsp3) is 0.826. The van der Waals surface area contributed by atoms with Gasteiger partial charge >= 0.3 is 0 Å². The van der Waals surface area contributed by atoms with Crippen molar-refractivity contribution in [3.63, 3.8) is 0 Å². The van der Waals surface area contributed by atoms with Crippen molar-refractivity contribution >= 4 is 0 Å². The number of aliphatic hydroxyl groups is 1. The summed E-state index contributed by atoms with van der Waals surface area (Å²) in [6.45, 7) is 3.36. The minimum atomic E-state index is -0.174. The molecule has 5 rings (SSSR count). The lowest BCUT2D eigenvalue weighted by molar-refractivity contribution is -0.126. The van der Waals surface area contributed by atoms with Crippen molar-refractivity contribution in [3.8, 4) is 0 Å². The molecule has 4 aliphatic carbocycles. The topological polar surface area (TPSA) is 58.9 Å². The third-order valence-electron chi connectivity index (χ3n) is 9.31. The average molecular weight is 372 g/mol. The van der Waals surface area contributed by atoms with Crippen molar-refractivity contribution in [2.45, 2.75) is 69.9 Å². The number of hydrogen-bond donors (Lipinski definition) is 1. The Morgan fingerprint density at radius 3 is 2.81 bits per heavy atom. The Balaban J connectivity index is 1.50. The molecule has 1 aliphatic heterocycles. The standard InChI is InChI=1S/C23H33NO3/c1-2-22-9-6-18-17-5-4-16(24-26)13-19(17)15(14-25)12-20(18)21(22)7-10-23(22)8-3-11-27-23/h3,8,13,15-18,20-21,25H,2,4-7,9-12,14H2,1H3/t15?,16?,17-,18?,20?,21?,22+,23+/m1/s1. The van der Waals surface area contributed by atoms with Gasteiger partial charge in [-0.2, -0.15) is 4.91 Å². The molecule has 1 N–H and O–H groups in total. The number of fused-ring (bicyclic) bond motifs is 6. The van der Waals surface area contributed by atoms with Gasteiger partial charge in [-0.1, -0.05) is 35.9 Å². The normalized spacial score (nSPS) is 50.8. The lowest BCUT2D eigenvalue weighted by Gasteiger charge is -2.58. The van der Waals surface area contributed by atoms with Crippen LogP contribution in [-0.4, -0.2) is 30.0 Å². The van der Waals surface area contributed by atoms with E-state index in [0.29, 0.717) is 17.8 Å². The van der Waals surface area contributed by atoms with Gasteiger partial charge in [0.1, 0.15) is 6.04 Å². The van der Waals surface area contributed by atoms with Gasteiger partial charge in [0, 0.05) is 17.9 Å². The number of nitroso groups, excluding NO2 is 1. The molecule has 3 fully saturated rings. The van der Waals surface area contributed by atoms with E-state index in [1.165, 1.54) is 37.7 Å². The van der Waals surface area contributed by atoms with Gasteiger partial charge in [-0.15, -0.1) is 0 Å². The van der Waals surface area contributed by atoms with E-state index >= 15 is 0 Å². The predicted octanol–water partition coefficient (Wildman–Crippen LogP) is 4.63. The summed E-state index contributed by atoms with van der Waals surface area (Å²) in [5.41, 5.74) is 1.62. The number of ether oxygens (including phenoxy) is 1. The van der Waals surface area contributed by atoms with Crippen LogP contribution in [0.5, 0.6) is 0 Å². The van der Waals surface area contributed by atoms with Gasteiger partial charge in [0.2, 0.25) is 0 Å². The summed E-state index contributed by atoms with van der Waals surface area (Å²) in [5, 5.41) is 13.5. The molecule has 0 amide bonds. The fourth-order valence-electron chi connectivity index (χ4n) is 8.27. The molecule has 0 aromatic carbocycles. The minimum absolute atomic E-state index is 0.0265. The first-order valence-electron chi connectivity index (χ1n) is 11.1.